The zero-order chi connectivity index (χ0) is 14.3. The summed E-state index contributed by atoms with van der Waals surface area (Å²) in [5, 5.41) is 9.14. The lowest BCUT2D eigenvalue weighted by Crippen LogP contribution is -2.68. The highest BCUT2D eigenvalue weighted by Crippen LogP contribution is 2.40. The van der Waals surface area contributed by atoms with Crippen molar-refractivity contribution < 1.29 is 14.7 Å². The van der Waals surface area contributed by atoms with E-state index < -0.39 is 12.0 Å². The molecule has 3 heterocycles. The van der Waals surface area contributed by atoms with E-state index in [-0.39, 0.29) is 17.0 Å². The normalized spacial score (nSPS) is 28.8. The molecule has 2 unspecified atom stereocenters. The first-order valence-corrected chi connectivity index (χ1v) is 8.73. The van der Waals surface area contributed by atoms with Gasteiger partial charge >= 0.3 is 5.97 Å². The highest BCUT2D eigenvalue weighted by Gasteiger charge is 2.51. The predicted octanol–water partition coefficient (Wildman–Crippen LogP) is 0.165. The summed E-state index contributed by atoms with van der Waals surface area (Å²) in [6, 6.07) is -0.578. The van der Waals surface area contributed by atoms with Crippen LogP contribution in [0.2, 0.25) is 0 Å². The van der Waals surface area contributed by atoms with Gasteiger partial charge in [-0.1, -0.05) is 0 Å². The Morgan fingerprint density at radius 2 is 2.45 bits per heavy atom. The van der Waals surface area contributed by atoms with Gasteiger partial charge in [-0.25, -0.2) is 9.19 Å². The summed E-state index contributed by atoms with van der Waals surface area (Å²) >= 11 is 4.47. The summed E-state index contributed by atoms with van der Waals surface area (Å²) in [5.41, 5.74) is 6.56. The molecule has 0 bridgehead atoms. The first-order valence-electron chi connectivity index (χ1n) is 5.80. The van der Waals surface area contributed by atoms with Crippen LogP contribution in [0.25, 0.3) is 0 Å². The predicted molar refractivity (Wildman–Crippen MR) is 81.0 cm³/mol. The number of carboxylic acid groups (broad SMARTS) is 1. The Morgan fingerprint density at radius 3 is 3.10 bits per heavy atom. The number of nitrogens with zero attached hydrogens (tertiary/aromatic N) is 3. The minimum absolute atomic E-state index is 0.108. The third-order valence-corrected chi connectivity index (χ3v) is 6.32. The van der Waals surface area contributed by atoms with E-state index in [1.54, 1.807) is 6.34 Å². The molecule has 20 heavy (non-hydrogen) atoms. The Kier molecular flexibility index (Phi) is 3.89. The second-order valence-corrected chi connectivity index (χ2v) is 7.21. The molecule has 0 aromatic rings. The minimum atomic E-state index is -1.06. The maximum Gasteiger partial charge on any atom is 0.352 e. The molecule has 3 aliphatic heterocycles. The molecule has 0 aromatic carbocycles. The SMILES string of the molecule is NC1C(=O)N2C(C(=O)O)=C(CSN3C=NSC3)CSC12. The number of amides is 1. The topological polar surface area (TPSA) is 99.2 Å². The third kappa shape index (κ3) is 2.30. The van der Waals surface area contributed by atoms with E-state index in [1.807, 2.05) is 4.31 Å². The fourth-order valence-corrected chi connectivity index (χ4v) is 5.16. The fourth-order valence-electron chi connectivity index (χ4n) is 2.13. The van der Waals surface area contributed by atoms with Crippen molar-refractivity contribution in [2.75, 3.05) is 17.4 Å². The number of hydrogen-bond acceptors (Lipinski definition) is 8. The molecule has 0 aliphatic carbocycles. The number of β-lactam (4-membered cyclic amide) rings is 1. The summed E-state index contributed by atoms with van der Waals surface area (Å²) in [4.78, 5) is 24.5. The molecular weight excluding hydrogens is 320 g/mol. The van der Waals surface area contributed by atoms with E-state index in [4.69, 9.17) is 5.73 Å². The van der Waals surface area contributed by atoms with Crippen LogP contribution >= 0.6 is 35.7 Å². The maximum atomic E-state index is 11.8. The number of nitrogens with two attached hydrogens (primary N) is 1. The lowest BCUT2D eigenvalue weighted by Gasteiger charge is -2.48. The van der Waals surface area contributed by atoms with E-state index in [0.29, 0.717) is 11.5 Å². The van der Waals surface area contributed by atoms with E-state index in [9.17, 15) is 14.7 Å². The van der Waals surface area contributed by atoms with Crippen LogP contribution in [0.4, 0.5) is 0 Å². The molecule has 0 saturated carbocycles. The van der Waals surface area contributed by atoms with Crippen molar-refractivity contribution in [2.24, 2.45) is 10.1 Å². The second kappa shape index (κ2) is 5.51. The smallest absolute Gasteiger partial charge is 0.352 e. The van der Waals surface area contributed by atoms with Crippen LogP contribution < -0.4 is 5.73 Å². The first kappa shape index (κ1) is 14.1. The monoisotopic (exact) mass is 332 g/mol. The molecule has 1 fully saturated rings. The van der Waals surface area contributed by atoms with Crippen molar-refractivity contribution in [3.8, 4) is 0 Å². The number of carboxylic acids is 1. The van der Waals surface area contributed by atoms with E-state index in [0.717, 1.165) is 11.4 Å². The molecule has 0 radical (unpaired) electrons. The quantitative estimate of drug-likeness (QED) is 0.555. The van der Waals surface area contributed by atoms with Gasteiger partial charge in [-0.05, 0) is 29.5 Å². The molecule has 10 heteroatoms. The highest BCUT2D eigenvalue weighted by molar-refractivity contribution is 8.02. The lowest BCUT2D eigenvalue weighted by molar-refractivity contribution is -0.147. The van der Waals surface area contributed by atoms with Gasteiger partial charge in [0.15, 0.2) is 0 Å². The van der Waals surface area contributed by atoms with Crippen molar-refractivity contribution >= 4 is 53.9 Å². The van der Waals surface area contributed by atoms with Crippen LogP contribution in [0.1, 0.15) is 0 Å². The lowest BCUT2D eigenvalue weighted by atomic mass is 10.0. The molecular formula is C10H12N4O3S3. The molecule has 1 saturated heterocycles. The van der Waals surface area contributed by atoms with Gasteiger partial charge in [0.1, 0.15) is 23.5 Å². The summed E-state index contributed by atoms with van der Waals surface area (Å²) in [6.45, 7) is 0. The van der Waals surface area contributed by atoms with Crippen molar-refractivity contribution in [1.29, 1.82) is 0 Å². The van der Waals surface area contributed by atoms with Crippen molar-refractivity contribution in [3.63, 3.8) is 0 Å². The molecule has 7 nitrogen and oxygen atoms in total. The Balaban J connectivity index is 1.77. The molecule has 3 aliphatic rings. The van der Waals surface area contributed by atoms with E-state index in [1.165, 1.54) is 40.6 Å². The van der Waals surface area contributed by atoms with Gasteiger partial charge in [0.2, 0.25) is 5.91 Å². The molecule has 1 amide bonds. The van der Waals surface area contributed by atoms with Gasteiger partial charge in [-0.15, -0.1) is 11.8 Å². The van der Waals surface area contributed by atoms with Gasteiger partial charge in [0, 0.05) is 11.5 Å². The largest absolute Gasteiger partial charge is 0.477 e. The van der Waals surface area contributed by atoms with Crippen molar-refractivity contribution in [3.05, 3.63) is 11.3 Å². The minimum Gasteiger partial charge on any atom is -0.477 e. The van der Waals surface area contributed by atoms with Gasteiger partial charge < -0.3 is 10.8 Å². The number of hydrogen-bond donors (Lipinski definition) is 2. The average molecular weight is 332 g/mol. The maximum absolute atomic E-state index is 11.8. The van der Waals surface area contributed by atoms with Crippen molar-refractivity contribution in [1.82, 2.24) is 9.21 Å². The number of thioether (sulfide) groups is 1. The van der Waals surface area contributed by atoms with Crippen LogP contribution in [0.15, 0.2) is 15.7 Å². The number of carbonyl (C=O) groups excluding carboxylic acids is 1. The Hall–Kier alpha value is -0.840. The summed E-state index contributed by atoms with van der Waals surface area (Å²) in [5.74, 6) is 0.516. The van der Waals surface area contributed by atoms with Gasteiger partial charge in [-0.3, -0.25) is 14.0 Å². The van der Waals surface area contributed by atoms with Crippen LogP contribution in [-0.4, -0.2) is 61.3 Å². The van der Waals surface area contributed by atoms with Crippen LogP contribution in [0.5, 0.6) is 0 Å². The Morgan fingerprint density at radius 1 is 1.65 bits per heavy atom. The molecule has 108 valence electrons. The molecule has 0 aromatic heterocycles. The van der Waals surface area contributed by atoms with Gasteiger partial charge in [0.05, 0.1) is 5.88 Å². The van der Waals surface area contributed by atoms with Crippen LogP contribution in [0, 0.1) is 0 Å². The molecule has 2 atom stereocenters. The van der Waals surface area contributed by atoms with Crippen molar-refractivity contribution in [2.45, 2.75) is 11.4 Å². The fraction of sp³-hybridized carbons (Fsp3) is 0.500. The molecule has 3 N–H and O–H groups in total. The zero-order valence-corrected chi connectivity index (χ0v) is 12.7. The third-order valence-electron chi connectivity index (χ3n) is 3.13. The van der Waals surface area contributed by atoms with Gasteiger partial charge in [-0.2, -0.15) is 0 Å². The van der Waals surface area contributed by atoms with Crippen LogP contribution in [0.3, 0.4) is 0 Å². The molecule has 0 spiro atoms. The first-order chi connectivity index (χ1) is 9.59. The summed E-state index contributed by atoms with van der Waals surface area (Å²) in [6.07, 6.45) is 1.72. The average Bonchev–Trinajstić information content (AvgIpc) is 2.96. The van der Waals surface area contributed by atoms with Gasteiger partial charge in [0.25, 0.3) is 0 Å². The Labute approximate surface area is 128 Å². The zero-order valence-electron chi connectivity index (χ0n) is 10.3. The molecule has 3 rings (SSSR count). The number of rotatable bonds is 4. The summed E-state index contributed by atoms with van der Waals surface area (Å²) < 4.78 is 5.96. The number of carbonyl (C=O) groups is 2. The second-order valence-electron chi connectivity index (χ2n) is 4.36. The Bertz CT molecular complexity index is 524. The number of fused-ring (bicyclic) bond motifs is 1. The highest BCUT2D eigenvalue weighted by atomic mass is 32.2. The van der Waals surface area contributed by atoms with E-state index >= 15 is 0 Å². The van der Waals surface area contributed by atoms with E-state index in [2.05, 4.69) is 4.40 Å². The standard InChI is InChI=1S/C10H12N4O3S3/c11-6-8(15)14-7(10(16)17)5(1-18-9(6)14)2-20-13-3-12-19-4-13/h3,6,9H,1-2,4,11H2,(H,16,17). The van der Waals surface area contributed by atoms with Crippen LogP contribution in [-0.2, 0) is 9.59 Å². The summed E-state index contributed by atoms with van der Waals surface area (Å²) in [7, 11) is 0. The number of aliphatic carboxylic acids is 1.